The van der Waals surface area contributed by atoms with Gasteiger partial charge in [-0.3, -0.25) is 14.2 Å². The van der Waals surface area contributed by atoms with Gasteiger partial charge in [-0.2, -0.15) is 0 Å². The van der Waals surface area contributed by atoms with E-state index in [9.17, 15) is 19.2 Å². The minimum atomic E-state index is -1.29. The van der Waals surface area contributed by atoms with Crippen molar-refractivity contribution >= 4 is 34.9 Å². The molecule has 3 aromatic heterocycles. The van der Waals surface area contributed by atoms with Gasteiger partial charge in [0.05, 0.1) is 67.8 Å². The number of ether oxygens (including phenoxy) is 3. The van der Waals surface area contributed by atoms with E-state index in [1.54, 1.807) is 43.3 Å². The molecule has 3 aromatic carbocycles. The van der Waals surface area contributed by atoms with E-state index in [1.165, 1.54) is 19.1 Å². The molecule has 3 aliphatic heterocycles. The summed E-state index contributed by atoms with van der Waals surface area (Å²) >= 11 is 0. The number of likely N-dealkylation sites (tertiary alicyclic amines) is 2. The molecule has 18 heteroatoms. The van der Waals surface area contributed by atoms with Gasteiger partial charge in [-0.25, -0.2) is 28.3 Å². The van der Waals surface area contributed by atoms with E-state index >= 15 is 8.78 Å². The van der Waals surface area contributed by atoms with Crippen molar-refractivity contribution in [2.75, 3.05) is 27.3 Å². The Labute approximate surface area is 385 Å². The highest BCUT2D eigenvalue weighted by atomic mass is 19.1. The highest BCUT2D eigenvalue weighted by Crippen LogP contribution is 2.48. The Morgan fingerprint density at radius 2 is 1.39 bits per heavy atom. The van der Waals surface area contributed by atoms with Crippen LogP contribution in [0.25, 0.3) is 44.7 Å². The summed E-state index contributed by atoms with van der Waals surface area (Å²) in [6, 6.07) is 17.8. The van der Waals surface area contributed by atoms with Crippen molar-refractivity contribution in [2.24, 2.45) is 11.8 Å². The molecule has 9 rings (SSSR count). The summed E-state index contributed by atoms with van der Waals surface area (Å²) in [7, 11) is 2.48. The van der Waals surface area contributed by atoms with Crippen molar-refractivity contribution in [1.29, 1.82) is 0 Å². The fraction of sp³-hybridized carbons (Fsp3) is 0.388. The van der Waals surface area contributed by atoms with Crippen LogP contribution in [-0.2, 0) is 19.1 Å². The number of alkyl carbamates (subject to hydrolysis) is 2. The van der Waals surface area contributed by atoms with E-state index in [-0.39, 0.29) is 36.8 Å². The van der Waals surface area contributed by atoms with E-state index in [1.807, 2.05) is 73.0 Å². The van der Waals surface area contributed by atoms with Gasteiger partial charge in [-0.1, -0.05) is 70.2 Å². The zero-order chi connectivity index (χ0) is 47.3. The van der Waals surface area contributed by atoms with Gasteiger partial charge < -0.3 is 44.6 Å². The minimum Gasteiger partial charge on any atom is -0.465 e. The minimum absolute atomic E-state index is 0.0253. The highest BCUT2D eigenvalue weighted by molar-refractivity contribution is 5.93. The van der Waals surface area contributed by atoms with Crippen LogP contribution in [0.1, 0.15) is 82.5 Å². The summed E-state index contributed by atoms with van der Waals surface area (Å²) in [5.41, 5.74) is 4.90. The first-order valence-electron chi connectivity index (χ1n) is 22.5. The van der Waals surface area contributed by atoms with Gasteiger partial charge in [0, 0.05) is 40.6 Å². The van der Waals surface area contributed by atoms with Crippen LogP contribution < -0.4 is 15.4 Å². The number of nitrogens with zero attached hydrogens (tertiary/aromatic N) is 5. The van der Waals surface area contributed by atoms with Gasteiger partial charge in [0.15, 0.2) is 5.82 Å². The number of methoxy groups -OCH3 is 2. The lowest BCUT2D eigenvalue weighted by atomic mass is 10.0. The van der Waals surface area contributed by atoms with Crippen LogP contribution in [-0.4, -0.2) is 104 Å². The fourth-order valence-corrected chi connectivity index (χ4v) is 9.59. The predicted molar refractivity (Wildman–Crippen MR) is 244 cm³/mol. The monoisotopic (exact) mass is 917 g/mol. The van der Waals surface area contributed by atoms with Crippen LogP contribution in [0.5, 0.6) is 5.75 Å². The molecule has 4 N–H and O–H groups in total. The number of rotatable bonds is 11. The predicted octanol–water partition coefficient (Wildman–Crippen LogP) is 8.20. The average Bonchev–Trinajstić information content (AvgIpc) is 4.20. The van der Waals surface area contributed by atoms with Crippen LogP contribution in [0.2, 0.25) is 0 Å². The molecule has 0 radical (unpaired) electrons. The Kier molecular flexibility index (Phi) is 12.2. The van der Waals surface area contributed by atoms with Crippen LogP contribution in [0.15, 0.2) is 79.1 Å². The van der Waals surface area contributed by atoms with Gasteiger partial charge in [-0.15, -0.1) is 0 Å². The van der Waals surface area contributed by atoms with Gasteiger partial charge >= 0.3 is 12.2 Å². The molecule has 0 bridgehead atoms. The number of H-pyrrole nitrogens is 2. The first kappa shape index (κ1) is 44.9. The molecule has 0 spiro atoms. The van der Waals surface area contributed by atoms with Gasteiger partial charge in [0.2, 0.25) is 18.0 Å². The molecule has 0 saturated carbocycles. The Morgan fingerprint density at radius 1 is 0.791 bits per heavy atom. The SMILES string of the molecule is COC(=O)N[C@H](C(=O)N1CCC[C@H]1c1ncc(-c2ccc3c(c2)c(F)c2n3C(c3ccccc3)Oc3cc(-c4cnc([C@@H]5C[C@@H](F)CN5C(=O)[C@@H](NC(=O)OC)C(C)C)[nH]4)ccc3-2)[nH]1)C(C)C. The molecule has 0 aliphatic carbocycles. The second-order valence-electron chi connectivity index (χ2n) is 18.0. The standard InChI is InChI=1S/C49H53F2N9O7/c1-25(2)40(56-48(63)65-5)45(61)58-18-10-13-36(58)43-52-22-33(54-43)28-15-17-35-32(19-28)39(51)42-31-16-14-29(20-38(31)67-47(60(35)42)27-11-8-7-9-12-27)34-23-53-44(55-34)37-21-30(50)24-59(37)46(62)41(26(3)4)57-49(64)66-6/h7-9,11-12,14-17,19-20,22-23,25-26,30,36-37,40-41,47H,10,13,18,21,24H2,1-6H3,(H,52,54)(H,53,55)(H,56,63)(H,57,64)/t30-,36+,37+,40+,41+,47?/m1/s1. The smallest absolute Gasteiger partial charge is 0.407 e. The number of carbonyl (C=O) groups is 4. The molecule has 16 nitrogen and oxygen atoms in total. The lowest BCUT2D eigenvalue weighted by Gasteiger charge is -2.30. The molecular weight excluding hydrogens is 865 g/mol. The molecule has 3 aliphatic rings. The maximum absolute atomic E-state index is 17.3. The first-order valence-corrected chi connectivity index (χ1v) is 22.5. The number of aromatic amines is 2. The number of benzene rings is 3. The first-order chi connectivity index (χ1) is 32.3. The molecule has 6 atom stereocenters. The molecule has 6 heterocycles. The summed E-state index contributed by atoms with van der Waals surface area (Å²) in [5, 5.41) is 5.64. The molecule has 1 unspecified atom stereocenters. The number of alkyl halides is 1. The van der Waals surface area contributed by atoms with E-state index in [0.717, 1.165) is 12.0 Å². The summed E-state index contributed by atoms with van der Waals surface area (Å²) in [5.74, 6) is -0.137. The fourth-order valence-electron chi connectivity index (χ4n) is 9.59. The molecule has 4 amide bonds. The largest absolute Gasteiger partial charge is 0.465 e. The zero-order valence-corrected chi connectivity index (χ0v) is 38.0. The van der Waals surface area contributed by atoms with Gasteiger partial charge in [0.1, 0.15) is 35.7 Å². The summed E-state index contributed by atoms with van der Waals surface area (Å²) in [6.07, 6.45) is 1.31. The van der Waals surface area contributed by atoms with Crippen LogP contribution >= 0.6 is 0 Å². The maximum Gasteiger partial charge on any atom is 0.407 e. The van der Waals surface area contributed by atoms with E-state index in [4.69, 9.17) is 19.2 Å². The van der Waals surface area contributed by atoms with Gasteiger partial charge in [-0.05, 0) is 48.9 Å². The number of hydrogen-bond acceptors (Lipinski definition) is 9. The third-order valence-electron chi connectivity index (χ3n) is 13.0. The van der Waals surface area contributed by atoms with E-state index in [0.29, 0.717) is 75.0 Å². The third-order valence-corrected chi connectivity index (χ3v) is 13.0. The van der Waals surface area contributed by atoms with Crippen molar-refractivity contribution in [3.05, 3.63) is 102 Å². The van der Waals surface area contributed by atoms with Crippen LogP contribution in [0.4, 0.5) is 18.4 Å². The summed E-state index contributed by atoms with van der Waals surface area (Å²) in [4.78, 5) is 70.9. The molecule has 350 valence electrons. The lowest BCUT2D eigenvalue weighted by molar-refractivity contribution is -0.136. The average molecular weight is 918 g/mol. The van der Waals surface area contributed by atoms with Crippen LogP contribution in [0.3, 0.4) is 0 Å². The quantitative estimate of drug-likeness (QED) is 0.0993. The van der Waals surface area contributed by atoms with E-state index in [2.05, 4.69) is 25.6 Å². The van der Waals surface area contributed by atoms with Crippen molar-refractivity contribution in [1.82, 2.24) is 44.9 Å². The van der Waals surface area contributed by atoms with Gasteiger partial charge in [0.25, 0.3) is 0 Å². The molecule has 6 aromatic rings. The number of imidazole rings is 2. The van der Waals surface area contributed by atoms with Crippen molar-refractivity contribution in [2.45, 2.75) is 83.5 Å². The number of carbonyl (C=O) groups excluding carboxylic acids is 4. The number of fused-ring (bicyclic) bond motifs is 5. The second-order valence-corrected chi connectivity index (χ2v) is 18.0. The Morgan fingerprint density at radius 3 is 2.01 bits per heavy atom. The second kappa shape index (κ2) is 18.2. The lowest BCUT2D eigenvalue weighted by Crippen LogP contribution is -2.51. The number of hydrogen-bond donors (Lipinski definition) is 4. The number of nitrogens with one attached hydrogen (secondary N) is 4. The van der Waals surface area contributed by atoms with Crippen molar-refractivity contribution in [3.8, 4) is 39.5 Å². The third kappa shape index (κ3) is 8.33. The number of amides is 4. The highest BCUT2D eigenvalue weighted by Gasteiger charge is 2.42. The topological polar surface area (TPSA) is 189 Å². The molecule has 2 fully saturated rings. The summed E-state index contributed by atoms with van der Waals surface area (Å²) in [6.45, 7) is 7.67. The van der Waals surface area contributed by atoms with Crippen molar-refractivity contribution in [3.63, 3.8) is 0 Å². The Balaban J connectivity index is 1.03. The zero-order valence-electron chi connectivity index (χ0n) is 38.0. The van der Waals surface area contributed by atoms with Crippen molar-refractivity contribution < 1.29 is 42.2 Å². The molecule has 2 saturated heterocycles. The van der Waals surface area contributed by atoms with E-state index < -0.39 is 54.4 Å². The number of halogens is 2. The molecule has 67 heavy (non-hydrogen) atoms. The van der Waals surface area contributed by atoms with Crippen LogP contribution in [0, 0.1) is 17.7 Å². The number of aromatic nitrogens is 5. The Bertz CT molecular complexity index is 2840. The normalized spacial score (nSPS) is 19.8. The maximum atomic E-state index is 17.3. The summed E-state index contributed by atoms with van der Waals surface area (Å²) < 4.78 is 50.5. The Hall–Kier alpha value is -7.24. The molecular formula is C49H53F2N9O7.